The first-order chi connectivity index (χ1) is 16.3. The Hall–Kier alpha value is -3.14. The Morgan fingerprint density at radius 1 is 1.18 bits per heavy atom. The SMILES string of the molecule is COC(=O)[C@H]1CC[C@H](Nc2nccc(-n3ccc4c(OCCCS(C)(=O)=O)cccc43)n2)CC1. The zero-order valence-corrected chi connectivity index (χ0v) is 20.3. The average Bonchev–Trinajstić information content (AvgIpc) is 3.26. The lowest BCUT2D eigenvalue weighted by Gasteiger charge is -2.27. The molecule has 9 nitrogen and oxygen atoms in total. The minimum atomic E-state index is -3.00. The minimum Gasteiger partial charge on any atom is -0.493 e. The number of methoxy groups -OCH3 is 1. The molecule has 0 saturated heterocycles. The molecule has 1 aromatic carbocycles. The molecular formula is C24H30N4O5S. The van der Waals surface area contributed by atoms with Gasteiger partial charge < -0.3 is 19.4 Å². The number of benzene rings is 1. The van der Waals surface area contributed by atoms with Crippen LogP contribution in [0.15, 0.2) is 42.7 Å². The van der Waals surface area contributed by atoms with Gasteiger partial charge in [-0.2, -0.15) is 4.98 Å². The Labute approximate surface area is 199 Å². The molecule has 1 fully saturated rings. The van der Waals surface area contributed by atoms with Crippen molar-refractivity contribution in [3.05, 3.63) is 42.7 Å². The van der Waals surface area contributed by atoms with Gasteiger partial charge in [0.15, 0.2) is 0 Å². The third kappa shape index (κ3) is 5.85. The van der Waals surface area contributed by atoms with Gasteiger partial charge in [-0.3, -0.25) is 4.79 Å². The molecule has 4 rings (SSSR count). The summed E-state index contributed by atoms with van der Waals surface area (Å²) in [7, 11) is -1.57. The Morgan fingerprint density at radius 3 is 2.71 bits per heavy atom. The summed E-state index contributed by atoms with van der Waals surface area (Å²) in [5, 5.41) is 4.33. The average molecular weight is 487 g/mol. The second kappa shape index (κ2) is 10.4. The van der Waals surface area contributed by atoms with Gasteiger partial charge in [0.25, 0.3) is 0 Å². The summed E-state index contributed by atoms with van der Waals surface area (Å²) in [6.45, 7) is 0.331. The molecule has 0 aliphatic heterocycles. The van der Waals surface area contributed by atoms with E-state index >= 15 is 0 Å². The molecule has 34 heavy (non-hydrogen) atoms. The van der Waals surface area contributed by atoms with Crippen LogP contribution in [0.2, 0.25) is 0 Å². The van der Waals surface area contributed by atoms with Crippen LogP contribution in [0.1, 0.15) is 32.1 Å². The molecule has 0 radical (unpaired) electrons. The molecule has 1 saturated carbocycles. The van der Waals surface area contributed by atoms with Gasteiger partial charge in [-0.15, -0.1) is 0 Å². The van der Waals surface area contributed by atoms with E-state index in [1.54, 1.807) is 6.20 Å². The first-order valence-corrected chi connectivity index (χ1v) is 13.5. The number of hydrogen-bond donors (Lipinski definition) is 1. The van der Waals surface area contributed by atoms with Gasteiger partial charge in [-0.05, 0) is 56.4 Å². The molecule has 0 bridgehead atoms. The predicted molar refractivity (Wildman–Crippen MR) is 130 cm³/mol. The monoisotopic (exact) mass is 486 g/mol. The van der Waals surface area contributed by atoms with Gasteiger partial charge in [0.1, 0.15) is 21.4 Å². The molecule has 1 aliphatic rings. The van der Waals surface area contributed by atoms with Crippen LogP contribution in [0.25, 0.3) is 16.7 Å². The summed E-state index contributed by atoms with van der Waals surface area (Å²) >= 11 is 0. The van der Waals surface area contributed by atoms with E-state index in [2.05, 4.69) is 10.3 Å². The number of ether oxygens (including phenoxy) is 2. The Bertz CT molecular complexity index is 1250. The molecule has 3 aromatic rings. The summed E-state index contributed by atoms with van der Waals surface area (Å²) in [6, 6.07) is 9.80. The van der Waals surface area contributed by atoms with Gasteiger partial charge >= 0.3 is 5.97 Å². The van der Waals surface area contributed by atoms with Crippen molar-refractivity contribution in [1.29, 1.82) is 0 Å². The van der Waals surface area contributed by atoms with Crippen molar-refractivity contribution in [2.45, 2.75) is 38.1 Å². The maximum atomic E-state index is 11.7. The lowest BCUT2D eigenvalue weighted by Crippen LogP contribution is -2.30. The lowest BCUT2D eigenvalue weighted by molar-refractivity contribution is -0.146. The van der Waals surface area contributed by atoms with Crippen LogP contribution in [0, 0.1) is 5.92 Å². The summed E-state index contributed by atoms with van der Waals surface area (Å²) in [6.07, 6.45) is 8.63. The van der Waals surface area contributed by atoms with E-state index in [0.29, 0.717) is 24.7 Å². The number of fused-ring (bicyclic) bond motifs is 1. The van der Waals surface area contributed by atoms with Gasteiger partial charge in [0.05, 0.1) is 30.9 Å². The van der Waals surface area contributed by atoms with Gasteiger partial charge in [-0.1, -0.05) is 6.07 Å². The Kier molecular flexibility index (Phi) is 7.35. The number of aromatic nitrogens is 3. The van der Waals surface area contributed by atoms with Crippen molar-refractivity contribution < 1.29 is 22.7 Å². The maximum absolute atomic E-state index is 11.7. The zero-order chi connectivity index (χ0) is 24.1. The fraction of sp³-hybridized carbons (Fsp3) is 0.458. The molecule has 1 N–H and O–H groups in total. The van der Waals surface area contributed by atoms with Crippen LogP contribution in [0.4, 0.5) is 5.95 Å². The highest BCUT2D eigenvalue weighted by atomic mass is 32.2. The van der Waals surface area contributed by atoms with Gasteiger partial charge in [0.2, 0.25) is 5.95 Å². The molecule has 0 atom stereocenters. The molecule has 0 spiro atoms. The number of nitrogens with one attached hydrogen (secondary N) is 1. The maximum Gasteiger partial charge on any atom is 0.308 e. The fourth-order valence-corrected chi connectivity index (χ4v) is 4.99. The fourth-order valence-electron chi connectivity index (χ4n) is 4.34. The molecule has 2 aromatic heterocycles. The largest absolute Gasteiger partial charge is 0.493 e. The summed E-state index contributed by atoms with van der Waals surface area (Å²) < 4.78 is 35.4. The van der Waals surface area contributed by atoms with Crippen molar-refractivity contribution in [2.24, 2.45) is 5.92 Å². The predicted octanol–water partition coefficient (Wildman–Crippen LogP) is 3.38. The first kappa shape index (κ1) is 24.0. The van der Waals surface area contributed by atoms with E-state index in [1.807, 2.05) is 41.1 Å². The van der Waals surface area contributed by atoms with Crippen molar-refractivity contribution in [3.8, 4) is 11.6 Å². The minimum absolute atomic E-state index is 0.0238. The van der Waals surface area contributed by atoms with E-state index in [0.717, 1.165) is 42.4 Å². The molecule has 2 heterocycles. The summed E-state index contributed by atoms with van der Waals surface area (Å²) in [4.78, 5) is 20.8. The van der Waals surface area contributed by atoms with E-state index < -0.39 is 9.84 Å². The van der Waals surface area contributed by atoms with E-state index in [-0.39, 0.29) is 23.7 Å². The summed E-state index contributed by atoms with van der Waals surface area (Å²) in [5.74, 6) is 1.93. The van der Waals surface area contributed by atoms with E-state index in [1.165, 1.54) is 13.4 Å². The van der Waals surface area contributed by atoms with Crippen LogP contribution >= 0.6 is 0 Å². The van der Waals surface area contributed by atoms with Crippen molar-refractivity contribution in [1.82, 2.24) is 14.5 Å². The van der Waals surface area contributed by atoms with Crippen LogP contribution in [0.5, 0.6) is 5.75 Å². The van der Waals surface area contributed by atoms with Crippen LogP contribution < -0.4 is 10.1 Å². The molecule has 0 amide bonds. The molecule has 0 unspecified atom stereocenters. The number of hydrogen-bond acceptors (Lipinski definition) is 8. The highest BCUT2D eigenvalue weighted by Crippen LogP contribution is 2.29. The van der Waals surface area contributed by atoms with Crippen molar-refractivity contribution in [2.75, 3.05) is 31.0 Å². The van der Waals surface area contributed by atoms with E-state index in [9.17, 15) is 13.2 Å². The standard InChI is InChI=1S/C24H30N4O5S/c1-32-23(29)17-7-9-18(10-8-17)26-24-25-13-11-22(27-24)28-14-12-19-20(28)5-3-6-21(19)33-15-4-16-34(2,30)31/h3,5-6,11-14,17-18H,4,7-10,15-16H2,1-2H3,(H,25,26,27)/t17-,18-. The molecule has 1 aliphatic carbocycles. The number of esters is 1. The van der Waals surface area contributed by atoms with Crippen LogP contribution in [0.3, 0.4) is 0 Å². The van der Waals surface area contributed by atoms with Crippen LogP contribution in [-0.4, -0.2) is 60.7 Å². The van der Waals surface area contributed by atoms with Gasteiger partial charge in [0, 0.05) is 30.1 Å². The molecule has 182 valence electrons. The smallest absolute Gasteiger partial charge is 0.308 e. The van der Waals surface area contributed by atoms with Crippen molar-refractivity contribution >= 4 is 32.7 Å². The number of carbonyl (C=O) groups excluding carboxylic acids is 1. The quantitative estimate of drug-likeness (QED) is 0.362. The zero-order valence-electron chi connectivity index (χ0n) is 19.4. The molecule has 10 heteroatoms. The first-order valence-electron chi connectivity index (χ1n) is 11.4. The van der Waals surface area contributed by atoms with E-state index in [4.69, 9.17) is 14.5 Å². The van der Waals surface area contributed by atoms with Crippen molar-refractivity contribution in [3.63, 3.8) is 0 Å². The second-order valence-electron chi connectivity index (χ2n) is 8.66. The number of anilines is 1. The molecular weight excluding hydrogens is 456 g/mol. The normalized spacial score (nSPS) is 18.5. The lowest BCUT2D eigenvalue weighted by atomic mass is 9.86. The Balaban J connectivity index is 1.44. The highest BCUT2D eigenvalue weighted by Gasteiger charge is 2.27. The Morgan fingerprint density at radius 2 is 1.97 bits per heavy atom. The topological polar surface area (TPSA) is 112 Å². The summed E-state index contributed by atoms with van der Waals surface area (Å²) in [5.41, 5.74) is 0.934. The van der Waals surface area contributed by atoms with Crippen LogP contribution in [-0.2, 0) is 19.4 Å². The number of nitrogens with zero attached hydrogens (tertiary/aromatic N) is 3. The second-order valence-corrected chi connectivity index (χ2v) is 10.9. The number of rotatable bonds is 9. The highest BCUT2D eigenvalue weighted by molar-refractivity contribution is 7.90. The third-order valence-corrected chi connectivity index (χ3v) is 7.12. The number of carbonyl (C=O) groups is 1. The third-order valence-electron chi connectivity index (χ3n) is 6.09. The number of sulfone groups is 1. The van der Waals surface area contributed by atoms with Gasteiger partial charge in [-0.25, -0.2) is 13.4 Å².